The minimum atomic E-state index is -1.13. The fourth-order valence-corrected chi connectivity index (χ4v) is 3.71. The van der Waals surface area contributed by atoms with E-state index in [1.807, 2.05) is 12.1 Å². The third-order valence-electron chi connectivity index (χ3n) is 4.06. The van der Waals surface area contributed by atoms with Crippen molar-refractivity contribution in [3.8, 4) is 0 Å². The summed E-state index contributed by atoms with van der Waals surface area (Å²) >= 11 is 1.26. The molecular weight excluding hydrogens is 398 g/mol. The van der Waals surface area contributed by atoms with E-state index in [0.717, 1.165) is 4.90 Å². The normalized spacial score (nSPS) is 16.2. The van der Waals surface area contributed by atoms with Crippen LogP contribution in [0.4, 0.5) is 17.1 Å². The highest BCUT2D eigenvalue weighted by Gasteiger charge is 2.30. The maximum atomic E-state index is 12.2. The standard InChI is InChI=1S/C19H17N3O6S/c1-11(18(24)20-12-5-4-6-13(9-12)22(26)27)28-17(23)10-16-19(25)21-14-7-2-3-8-15(14)29-16/h2-9,11,16H,10H2,1H3,(H,20,24)(H,21,25)/t11-,16-/m1/s1. The Balaban J connectivity index is 1.55. The molecule has 0 bridgehead atoms. The lowest BCUT2D eigenvalue weighted by Gasteiger charge is -2.23. The van der Waals surface area contributed by atoms with Gasteiger partial charge >= 0.3 is 5.97 Å². The molecule has 2 aromatic rings. The number of nitro benzene ring substituents is 1. The van der Waals surface area contributed by atoms with Crippen LogP contribution in [0.5, 0.6) is 0 Å². The van der Waals surface area contributed by atoms with Gasteiger partial charge in [-0.2, -0.15) is 0 Å². The summed E-state index contributed by atoms with van der Waals surface area (Å²) < 4.78 is 5.12. The number of hydrogen-bond acceptors (Lipinski definition) is 7. The van der Waals surface area contributed by atoms with Crippen molar-refractivity contribution in [2.45, 2.75) is 29.6 Å². The number of non-ortho nitro benzene ring substituents is 1. The smallest absolute Gasteiger partial charge is 0.308 e. The van der Waals surface area contributed by atoms with Crippen molar-refractivity contribution in [1.82, 2.24) is 0 Å². The molecule has 2 atom stereocenters. The number of carbonyl (C=O) groups is 3. The second-order valence-corrected chi connectivity index (χ2v) is 7.47. The largest absolute Gasteiger partial charge is 0.452 e. The molecule has 0 aliphatic carbocycles. The van der Waals surface area contributed by atoms with Gasteiger partial charge in [0.05, 0.1) is 22.3 Å². The van der Waals surface area contributed by atoms with E-state index in [1.54, 1.807) is 12.1 Å². The number of rotatable bonds is 6. The molecular formula is C19H17N3O6S. The Hall–Kier alpha value is -3.40. The van der Waals surface area contributed by atoms with E-state index in [2.05, 4.69) is 10.6 Å². The van der Waals surface area contributed by atoms with E-state index in [1.165, 1.54) is 43.0 Å². The first kappa shape index (κ1) is 20.3. The fourth-order valence-electron chi connectivity index (χ4n) is 2.62. The molecule has 0 aromatic heterocycles. The molecule has 2 aromatic carbocycles. The Morgan fingerprint density at radius 2 is 2.03 bits per heavy atom. The van der Waals surface area contributed by atoms with Gasteiger partial charge in [-0.1, -0.05) is 18.2 Å². The molecule has 10 heteroatoms. The van der Waals surface area contributed by atoms with Gasteiger partial charge in [0.25, 0.3) is 11.6 Å². The summed E-state index contributed by atoms with van der Waals surface area (Å²) in [5.74, 6) is -1.64. The molecule has 0 spiro atoms. The first-order chi connectivity index (χ1) is 13.8. The average molecular weight is 415 g/mol. The highest BCUT2D eigenvalue weighted by Crippen LogP contribution is 2.36. The van der Waals surface area contributed by atoms with Gasteiger partial charge in [0.15, 0.2) is 6.10 Å². The van der Waals surface area contributed by atoms with Gasteiger partial charge in [-0.15, -0.1) is 11.8 Å². The zero-order valence-electron chi connectivity index (χ0n) is 15.3. The first-order valence-corrected chi connectivity index (χ1v) is 9.53. The molecule has 29 heavy (non-hydrogen) atoms. The average Bonchev–Trinajstić information content (AvgIpc) is 2.68. The number of nitrogens with one attached hydrogen (secondary N) is 2. The summed E-state index contributed by atoms with van der Waals surface area (Å²) in [5, 5.41) is 15.3. The van der Waals surface area contributed by atoms with Gasteiger partial charge in [0, 0.05) is 22.7 Å². The number of nitro groups is 1. The molecule has 9 nitrogen and oxygen atoms in total. The van der Waals surface area contributed by atoms with Gasteiger partial charge in [-0.05, 0) is 25.1 Å². The molecule has 1 aliphatic rings. The lowest BCUT2D eigenvalue weighted by molar-refractivity contribution is -0.384. The van der Waals surface area contributed by atoms with Gasteiger partial charge < -0.3 is 15.4 Å². The number of carbonyl (C=O) groups excluding carboxylic acids is 3. The second-order valence-electron chi connectivity index (χ2n) is 6.22. The van der Waals surface area contributed by atoms with Crippen LogP contribution in [-0.4, -0.2) is 34.1 Å². The molecule has 0 saturated carbocycles. The number of benzene rings is 2. The number of thioether (sulfide) groups is 1. The zero-order valence-corrected chi connectivity index (χ0v) is 16.1. The van der Waals surface area contributed by atoms with E-state index < -0.39 is 28.2 Å². The molecule has 3 rings (SSSR count). The van der Waals surface area contributed by atoms with E-state index in [-0.39, 0.29) is 23.7 Å². The monoisotopic (exact) mass is 415 g/mol. The van der Waals surface area contributed by atoms with Gasteiger partial charge in [-0.25, -0.2) is 0 Å². The number of hydrogen-bond donors (Lipinski definition) is 2. The van der Waals surface area contributed by atoms with Crippen LogP contribution >= 0.6 is 11.8 Å². The third kappa shape index (κ3) is 5.11. The lowest BCUT2D eigenvalue weighted by Crippen LogP contribution is -2.34. The Labute approximate surface area is 170 Å². The quantitative estimate of drug-likeness (QED) is 0.422. The number of nitrogens with zero attached hydrogens (tertiary/aromatic N) is 1. The summed E-state index contributed by atoms with van der Waals surface area (Å²) in [6.07, 6.45) is -1.33. The van der Waals surface area contributed by atoms with Crippen LogP contribution in [0.25, 0.3) is 0 Å². The van der Waals surface area contributed by atoms with Crippen LogP contribution in [-0.2, 0) is 19.1 Å². The fraction of sp³-hybridized carbons (Fsp3) is 0.211. The lowest BCUT2D eigenvalue weighted by atomic mass is 10.2. The number of fused-ring (bicyclic) bond motifs is 1. The Morgan fingerprint density at radius 3 is 2.79 bits per heavy atom. The maximum Gasteiger partial charge on any atom is 0.308 e. The van der Waals surface area contributed by atoms with Crippen molar-refractivity contribution < 1.29 is 24.0 Å². The van der Waals surface area contributed by atoms with Crippen LogP contribution in [0.1, 0.15) is 13.3 Å². The molecule has 1 aliphatic heterocycles. The zero-order chi connectivity index (χ0) is 21.0. The third-order valence-corrected chi connectivity index (χ3v) is 5.34. The maximum absolute atomic E-state index is 12.2. The van der Waals surface area contributed by atoms with E-state index in [9.17, 15) is 24.5 Å². The van der Waals surface area contributed by atoms with Crippen molar-refractivity contribution in [2.75, 3.05) is 10.6 Å². The number of amides is 2. The topological polar surface area (TPSA) is 128 Å². The van der Waals surface area contributed by atoms with Crippen molar-refractivity contribution in [3.63, 3.8) is 0 Å². The van der Waals surface area contributed by atoms with Crippen molar-refractivity contribution in [2.24, 2.45) is 0 Å². The predicted octanol–water partition coefficient (Wildman–Crippen LogP) is 2.97. The summed E-state index contributed by atoms with van der Waals surface area (Å²) in [4.78, 5) is 47.6. The van der Waals surface area contributed by atoms with E-state index >= 15 is 0 Å². The van der Waals surface area contributed by atoms with Gasteiger partial charge in [-0.3, -0.25) is 24.5 Å². The van der Waals surface area contributed by atoms with Crippen molar-refractivity contribution in [3.05, 3.63) is 58.6 Å². The minimum Gasteiger partial charge on any atom is -0.452 e. The summed E-state index contributed by atoms with van der Waals surface area (Å²) in [5.41, 5.74) is 0.732. The second kappa shape index (κ2) is 8.74. The predicted molar refractivity (Wildman–Crippen MR) is 107 cm³/mol. The Bertz CT molecular complexity index is 980. The summed E-state index contributed by atoms with van der Waals surface area (Å²) in [6, 6.07) is 12.7. The van der Waals surface area contributed by atoms with Crippen LogP contribution in [0.2, 0.25) is 0 Å². The molecule has 1 heterocycles. The molecule has 0 unspecified atom stereocenters. The number of esters is 1. The molecule has 0 radical (unpaired) electrons. The summed E-state index contributed by atoms with van der Waals surface area (Å²) in [6.45, 7) is 1.38. The van der Waals surface area contributed by atoms with E-state index in [4.69, 9.17) is 4.74 Å². The van der Waals surface area contributed by atoms with Crippen molar-refractivity contribution >= 4 is 46.6 Å². The molecule has 0 saturated heterocycles. The SMILES string of the molecule is C[C@@H](OC(=O)C[C@H]1Sc2ccccc2NC1=O)C(=O)Nc1cccc([N+](=O)[O-])c1. The molecule has 2 amide bonds. The summed E-state index contributed by atoms with van der Waals surface area (Å²) in [7, 11) is 0. The molecule has 2 N–H and O–H groups in total. The highest BCUT2D eigenvalue weighted by atomic mass is 32.2. The number of anilines is 2. The van der Waals surface area contributed by atoms with Crippen LogP contribution < -0.4 is 10.6 Å². The van der Waals surface area contributed by atoms with Crippen LogP contribution in [0, 0.1) is 10.1 Å². The Kier molecular flexibility index (Phi) is 6.13. The van der Waals surface area contributed by atoms with Crippen LogP contribution in [0.15, 0.2) is 53.4 Å². The first-order valence-electron chi connectivity index (χ1n) is 8.65. The van der Waals surface area contributed by atoms with Gasteiger partial charge in [0.2, 0.25) is 5.91 Å². The Morgan fingerprint density at radius 1 is 1.28 bits per heavy atom. The highest BCUT2D eigenvalue weighted by molar-refractivity contribution is 8.01. The minimum absolute atomic E-state index is 0.173. The molecule has 150 valence electrons. The number of ether oxygens (including phenoxy) is 1. The van der Waals surface area contributed by atoms with Crippen LogP contribution in [0.3, 0.4) is 0 Å². The molecule has 0 fully saturated rings. The number of para-hydroxylation sites is 1. The van der Waals surface area contributed by atoms with E-state index in [0.29, 0.717) is 5.69 Å². The van der Waals surface area contributed by atoms with Gasteiger partial charge in [0.1, 0.15) is 0 Å². The van der Waals surface area contributed by atoms with Crippen molar-refractivity contribution in [1.29, 1.82) is 0 Å².